The fraction of sp³-hybridized carbons (Fsp3) is 0.200. The number of Topliss-reactive ketones (excluding diaryl/α,β-unsaturated/α-hetero) is 1. The van der Waals surface area contributed by atoms with E-state index in [1.807, 2.05) is 0 Å². The Balaban J connectivity index is 2.84. The van der Waals surface area contributed by atoms with Crippen LogP contribution in [0.3, 0.4) is 0 Å². The predicted molar refractivity (Wildman–Crippen MR) is 54.1 cm³/mol. The van der Waals surface area contributed by atoms with Gasteiger partial charge in [-0.15, -0.1) is 0 Å². The molecular weight excluding hydrogens is 180 g/mol. The largest absolute Gasteiger partial charge is 0.376 e. The van der Waals surface area contributed by atoms with Crippen molar-refractivity contribution in [1.82, 2.24) is 0 Å². The van der Waals surface area contributed by atoms with Gasteiger partial charge in [-0.25, -0.2) is 0 Å². The van der Waals surface area contributed by atoms with Crippen molar-refractivity contribution in [2.24, 2.45) is 5.73 Å². The molecule has 0 aliphatic heterocycles. The van der Waals surface area contributed by atoms with E-state index in [4.69, 9.17) is 5.73 Å². The van der Waals surface area contributed by atoms with Crippen molar-refractivity contribution in [3.05, 3.63) is 29.8 Å². The Labute approximate surface area is 82.1 Å². The highest BCUT2D eigenvalue weighted by Crippen LogP contribution is 2.14. The lowest BCUT2D eigenvalue weighted by Crippen LogP contribution is -2.22. The SMILES string of the molecule is CC(=O)c1ccccc1NCC(N)=O. The van der Waals surface area contributed by atoms with Crippen LogP contribution in [-0.4, -0.2) is 18.2 Å². The zero-order valence-electron chi connectivity index (χ0n) is 7.91. The number of hydrogen-bond donors (Lipinski definition) is 2. The Morgan fingerprint density at radius 3 is 2.57 bits per heavy atom. The molecule has 0 aliphatic rings. The van der Waals surface area contributed by atoms with Crippen molar-refractivity contribution in [2.45, 2.75) is 6.92 Å². The second-order valence-electron chi connectivity index (χ2n) is 2.92. The van der Waals surface area contributed by atoms with E-state index in [0.29, 0.717) is 11.3 Å². The van der Waals surface area contributed by atoms with Gasteiger partial charge in [0.25, 0.3) is 0 Å². The van der Waals surface area contributed by atoms with Crippen molar-refractivity contribution in [3.63, 3.8) is 0 Å². The van der Waals surface area contributed by atoms with E-state index >= 15 is 0 Å². The molecule has 1 amide bonds. The summed E-state index contributed by atoms with van der Waals surface area (Å²) >= 11 is 0. The van der Waals surface area contributed by atoms with Crippen LogP contribution in [0, 0.1) is 0 Å². The number of primary amides is 1. The normalized spacial score (nSPS) is 9.50. The van der Waals surface area contributed by atoms with Crippen LogP contribution in [0.15, 0.2) is 24.3 Å². The second kappa shape index (κ2) is 4.41. The van der Waals surface area contributed by atoms with Gasteiger partial charge >= 0.3 is 0 Å². The molecule has 0 aromatic heterocycles. The van der Waals surface area contributed by atoms with Gasteiger partial charge in [0.2, 0.25) is 5.91 Å². The molecule has 4 heteroatoms. The maximum absolute atomic E-state index is 11.2. The molecule has 74 valence electrons. The summed E-state index contributed by atoms with van der Waals surface area (Å²) in [7, 11) is 0. The Bertz CT molecular complexity index is 361. The summed E-state index contributed by atoms with van der Waals surface area (Å²) in [5, 5.41) is 2.80. The van der Waals surface area contributed by atoms with Crippen LogP contribution < -0.4 is 11.1 Å². The van der Waals surface area contributed by atoms with Gasteiger partial charge in [-0.3, -0.25) is 9.59 Å². The number of amides is 1. The highest BCUT2D eigenvalue weighted by atomic mass is 16.1. The number of hydrogen-bond acceptors (Lipinski definition) is 3. The zero-order chi connectivity index (χ0) is 10.6. The van der Waals surface area contributed by atoms with Gasteiger partial charge < -0.3 is 11.1 Å². The maximum Gasteiger partial charge on any atom is 0.236 e. The summed E-state index contributed by atoms with van der Waals surface area (Å²) in [6, 6.07) is 6.99. The number of anilines is 1. The topological polar surface area (TPSA) is 72.2 Å². The van der Waals surface area contributed by atoms with Crippen molar-refractivity contribution >= 4 is 17.4 Å². The van der Waals surface area contributed by atoms with E-state index in [9.17, 15) is 9.59 Å². The zero-order valence-corrected chi connectivity index (χ0v) is 7.91. The molecule has 1 rings (SSSR count). The van der Waals surface area contributed by atoms with Gasteiger partial charge in [-0.1, -0.05) is 12.1 Å². The molecule has 0 heterocycles. The maximum atomic E-state index is 11.2. The van der Waals surface area contributed by atoms with E-state index in [2.05, 4.69) is 5.32 Å². The molecule has 0 saturated heterocycles. The smallest absolute Gasteiger partial charge is 0.236 e. The molecule has 0 fully saturated rings. The Kier molecular flexibility index (Phi) is 3.23. The third-order valence-corrected chi connectivity index (χ3v) is 1.76. The van der Waals surface area contributed by atoms with Crippen molar-refractivity contribution < 1.29 is 9.59 Å². The molecule has 0 spiro atoms. The third kappa shape index (κ3) is 2.58. The molecule has 0 saturated carbocycles. The first-order valence-corrected chi connectivity index (χ1v) is 4.23. The fourth-order valence-electron chi connectivity index (χ4n) is 1.13. The van der Waals surface area contributed by atoms with Crippen LogP contribution >= 0.6 is 0 Å². The van der Waals surface area contributed by atoms with E-state index in [0.717, 1.165) is 0 Å². The molecule has 1 aromatic rings. The van der Waals surface area contributed by atoms with Crippen molar-refractivity contribution in [1.29, 1.82) is 0 Å². The van der Waals surface area contributed by atoms with E-state index in [1.165, 1.54) is 6.92 Å². The summed E-state index contributed by atoms with van der Waals surface area (Å²) in [6.45, 7) is 1.51. The Morgan fingerprint density at radius 2 is 2.00 bits per heavy atom. The molecule has 3 N–H and O–H groups in total. The number of nitrogens with one attached hydrogen (secondary N) is 1. The first-order chi connectivity index (χ1) is 6.61. The lowest BCUT2D eigenvalue weighted by molar-refractivity contribution is -0.116. The lowest BCUT2D eigenvalue weighted by Gasteiger charge is -2.07. The van der Waals surface area contributed by atoms with Gasteiger partial charge in [0, 0.05) is 11.3 Å². The first-order valence-electron chi connectivity index (χ1n) is 4.23. The van der Waals surface area contributed by atoms with Gasteiger partial charge in [0.1, 0.15) is 0 Å². The first kappa shape index (κ1) is 10.2. The van der Waals surface area contributed by atoms with Crippen LogP contribution in [0.25, 0.3) is 0 Å². The van der Waals surface area contributed by atoms with Crippen LogP contribution in [0.2, 0.25) is 0 Å². The molecule has 4 nitrogen and oxygen atoms in total. The standard InChI is InChI=1S/C10H12N2O2/c1-7(13)8-4-2-3-5-9(8)12-6-10(11)14/h2-5,12H,6H2,1H3,(H2,11,14). The van der Waals surface area contributed by atoms with Crippen molar-refractivity contribution in [2.75, 3.05) is 11.9 Å². The Hall–Kier alpha value is -1.84. The number of carbonyl (C=O) groups is 2. The highest BCUT2D eigenvalue weighted by molar-refractivity contribution is 5.99. The minimum atomic E-state index is -0.455. The average molecular weight is 192 g/mol. The van der Waals surface area contributed by atoms with Crippen LogP contribution in [-0.2, 0) is 4.79 Å². The van der Waals surface area contributed by atoms with Crippen molar-refractivity contribution in [3.8, 4) is 0 Å². The number of ketones is 1. The van der Waals surface area contributed by atoms with E-state index in [1.54, 1.807) is 24.3 Å². The summed E-state index contributed by atoms with van der Waals surface area (Å²) < 4.78 is 0. The second-order valence-corrected chi connectivity index (χ2v) is 2.92. The fourth-order valence-corrected chi connectivity index (χ4v) is 1.13. The molecule has 0 bridgehead atoms. The average Bonchev–Trinajstić information content (AvgIpc) is 2.15. The molecule has 0 radical (unpaired) electrons. The third-order valence-electron chi connectivity index (χ3n) is 1.76. The van der Waals surface area contributed by atoms with Crippen LogP contribution in [0.5, 0.6) is 0 Å². The molecular formula is C10H12N2O2. The quantitative estimate of drug-likeness (QED) is 0.692. The minimum Gasteiger partial charge on any atom is -0.376 e. The molecule has 0 aliphatic carbocycles. The highest BCUT2D eigenvalue weighted by Gasteiger charge is 2.05. The molecule has 0 atom stereocenters. The van der Waals surface area contributed by atoms with Gasteiger partial charge in [0.05, 0.1) is 6.54 Å². The number of benzene rings is 1. The summed E-state index contributed by atoms with van der Waals surface area (Å²) in [5.74, 6) is -0.499. The Morgan fingerprint density at radius 1 is 1.36 bits per heavy atom. The van der Waals surface area contributed by atoms with Gasteiger partial charge in [0.15, 0.2) is 5.78 Å². The number of para-hydroxylation sites is 1. The number of nitrogens with two attached hydrogens (primary N) is 1. The van der Waals surface area contributed by atoms with Gasteiger partial charge in [-0.2, -0.15) is 0 Å². The summed E-state index contributed by atoms with van der Waals surface area (Å²) in [4.78, 5) is 21.7. The number of carbonyl (C=O) groups excluding carboxylic acids is 2. The van der Waals surface area contributed by atoms with E-state index in [-0.39, 0.29) is 12.3 Å². The molecule has 14 heavy (non-hydrogen) atoms. The summed E-state index contributed by atoms with van der Waals surface area (Å²) in [6.07, 6.45) is 0. The number of rotatable bonds is 4. The van der Waals surface area contributed by atoms with Gasteiger partial charge in [-0.05, 0) is 19.1 Å². The monoisotopic (exact) mass is 192 g/mol. The molecule has 1 aromatic carbocycles. The minimum absolute atomic E-state index is 0.0320. The molecule has 0 unspecified atom stereocenters. The summed E-state index contributed by atoms with van der Waals surface area (Å²) in [5.41, 5.74) is 6.18. The van der Waals surface area contributed by atoms with Crippen LogP contribution in [0.4, 0.5) is 5.69 Å². The van der Waals surface area contributed by atoms with E-state index < -0.39 is 5.91 Å². The predicted octanol–water partition coefficient (Wildman–Crippen LogP) is 0.786. The van der Waals surface area contributed by atoms with Crippen LogP contribution in [0.1, 0.15) is 17.3 Å². The lowest BCUT2D eigenvalue weighted by atomic mass is 10.1.